The Morgan fingerprint density at radius 1 is 0.475 bits per heavy atom. The maximum atomic E-state index is 6.78. The predicted octanol–water partition coefficient (Wildman–Crippen LogP) is 11.3. The Kier molecular flexibility index (Phi) is 9.26. The molecule has 0 saturated carbocycles. The van der Waals surface area contributed by atoms with Crippen molar-refractivity contribution in [2.75, 3.05) is 13.2 Å². The predicted molar refractivity (Wildman–Crippen MR) is 173 cm³/mol. The van der Waals surface area contributed by atoms with Gasteiger partial charge >= 0.3 is 0 Å². The zero-order valence-corrected chi connectivity index (χ0v) is 24.8. The van der Waals surface area contributed by atoms with Crippen molar-refractivity contribution in [1.29, 1.82) is 0 Å². The lowest BCUT2D eigenvalue weighted by atomic mass is 9.87. The van der Waals surface area contributed by atoms with Gasteiger partial charge in [0.2, 0.25) is 0 Å². The lowest BCUT2D eigenvalue weighted by molar-refractivity contribution is 0.304. The molecule has 2 nitrogen and oxygen atoms in total. The molecule has 0 amide bonds. The van der Waals surface area contributed by atoms with Crippen LogP contribution in [-0.2, 0) is 0 Å². The van der Waals surface area contributed by atoms with Gasteiger partial charge in [-0.05, 0) is 71.5 Å². The van der Waals surface area contributed by atoms with Gasteiger partial charge in [-0.1, -0.05) is 113 Å². The lowest BCUT2D eigenvalue weighted by Crippen LogP contribution is -2.03. The minimum atomic E-state index is 0.717. The van der Waals surface area contributed by atoms with E-state index in [1.165, 1.54) is 76.8 Å². The van der Waals surface area contributed by atoms with Gasteiger partial charge in [0.05, 0.1) is 13.2 Å². The number of aryl methyl sites for hydroxylation is 2. The van der Waals surface area contributed by atoms with Gasteiger partial charge in [-0.2, -0.15) is 0 Å². The molecule has 40 heavy (non-hydrogen) atoms. The van der Waals surface area contributed by atoms with E-state index in [9.17, 15) is 0 Å². The molecule has 2 heteroatoms. The van der Waals surface area contributed by atoms with Gasteiger partial charge < -0.3 is 9.47 Å². The second kappa shape index (κ2) is 13.2. The molecule has 0 aliphatic carbocycles. The highest BCUT2D eigenvalue weighted by atomic mass is 16.5. The van der Waals surface area contributed by atoms with Crippen LogP contribution in [0.2, 0.25) is 0 Å². The molecule has 5 aromatic carbocycles. The second-order valence-electron chi connectivity index (χ2n) is 11.2. The molecule has 0 radical (unpaired) electrons. The van der Waals surface area contributed by atoms with Crippen LogP contribution in [0.4, 0.5) is 0 Å². The summed E-state index contributed by atoms with van der Waals surface area (Å²) in [4.78, 5) is 0. The number of unbranched alkanes of at least 4 members (excludes halogenated alkanes) is 6. The largest absolute Gasteiger partial charge is 0.493 e. The molecular weight excluding hydrogens is 488 g/mol. The number of rotatable bonds is 13. The van der Waals surface area contributed by atoms with E-state index in [4.69, 9.17) is 9.47 Å². The quantitative estimate of drug-likeness (QED) is 0.111. The highest BCUT2D eigenvalue weighted by molar-refractivity contribution is 6.17. The number of ether oxygens (including phenoxy) is 2. The summed E-state index contributed by atoms with van der Waals surface area (Å²) in [7, 11) is 0. The van der Waals surface area contributed by atoms with E-state index in [2.05, 4.69) is 100 Å². The molecule has 0 spiro atoms. The third-order valence-corrected chi connectivity index (χ3v) is 8.26. The number of fused-ring (bicyclic) bond motifs is 3. The van der Waals surface area contributed by atoms with E-state index < -0.39 is 0 Å². The normalized spacial score (nSPS) is 11.5. The van der Waals surface area contributed by atoms with Crippen molar-refractivity contribution in [3.05, 3.63) is 83.9 Å². The molecule has 5 rings (SSSR count). The summed E-state index contributed by atoms with van der Waals surface area (Å²) in [5, 5.41) is 7.41. The number of hydrogen-bond acceptors (Lipinski definition) is 2. The molecule has 0 aromatic heterocycles. The Hall–Kier alpha value is -3.52. The first-order chi connectivity index (χ1) is 19.7. The first kappa shape index (κ1) is 28.0. The molecule has 0 unspecified atom stereocenters. The molecule has 0 heterocycles. The van der Waals surface area contributed by atoms with Crippen molar-refractivity contribution in [3.8, 4) is 22.6 Å². The summed E-state index contributed by atoms with van der Waals surface area (Å²) < 4.78 is 13.2. The number of benzene rings is 5. The van der Waals surface area contributed by atoms with Crippen LogP contribution in [0.3, 0.4) is 0 Å². The van der Waals surface area contributed by atoms with Crippen molar-refractivity contribution < 1.29 is 9.47 Å². The van der Waals surface area contributed by atoms with Gasteiger partial charge in [0.1, 0.15) is 11.5 Å². The standard InChI is InChI=1S/C38H44O2/c1-5-7-9-15-25-39-37-27(3)21-22-34-33(37)23-24-35(38(34)40-26-16-10-8-6-2)36-31-19-13-11-17-29(31)28(4)30-18-12-14-20-32(30)36/h11-14,17-24H,5-10,15-16,25-26H2,1-4H3. The van der Waals surface area contributed by atoms with Gasteiger partial charge in [-0.15, -0.1) is 0 Å². The van der Waals surface area contributed by atoms with Crippen LogP contribution >= 0.6 is 0 Å². The molecule has 0 aliphatic rings. The summed E-state index contributed by atoms with van der Waals surface area (Å²) >= 11 is 0. The Morgan fingerprint density at radius 3 is 1.55 bits per heavy atom. The monoisotopic (exact) mass is 532 g/mol. The maximum Gasteiger partial charge on any atom is 0.135 e. The summed E-state index contributed by atoms with van der Waals surface area (Å²) in [6.45, 7) is 10.4. The van der Waals surface area contributed by atoms with Gasteiger partial charge in [-0.25, -0.2) is 0 Å². The summed E-state index contributed by atoms with van der Waals surface area (Å²) in [6.07, 6.45) is 9.51. The van der Waals surface area contributed by atoms with Crippen molar-refractivity contribution in [2.45, 2.75) is 79.1 Å². The lowest BCUT2D eigenvalue weighted by Gasteiger charge is -2.21. The third kappa shape index (κ3) is 5.68. The van der Waals surface area contributed by atoms with Gasteiger partial charge in [0, 0.05) is 21.9 Å². The Balaban J connectivity index is 1.69. The Bertz CT molecular complexity index is 1540. The average molecular weight is 533 g/mol. The number of hydrogen-bond donors (Lipinski definition) is 0. The average Bonchev–Trinajstić information content (AvgIpc) is 2.98. The minimum absolute atomic E-state index is 0.717. The summed E-state index contributed by atoms with van der Waals surface area (Å²) in [6, 6.07) is 26.6. The zero-order valence-electron chi connectivity index (χ0n) is 24.8. The van der Waals surface area contributed by atoms with Crippen molar-refractivity contribution in [1.82, 2.24) is 0 Å². The third-order valence-electron chi connectivity index (χ3n) is 8.26. The van der Waals surface area contributed by atoms with Gasteiger partial charge in [0.25, 0.3) is 0 Å². The van der Waals surface area contributed by atoms with Crippen LogP contribution in [0.25, 0.3) is 43.4 Å². The fourth-order valence-electron chi connectivity index (χ4n) is 6.05. The smallest absolute Gasteiger partial charge is 0.135 e. The van der Waals surface area contributed by atoms with E-state index in [0.717, 1.165) is 53.9 Å². The molecule has 0 aliphatic heterocycles. The Morgan fingerprint density at radius 2 is 0.975 bits per heavy atom. The van der Waals surface area contributed by atoms with Crippen LogP contribution < -0.4 is 9.47 Å². The highest BCUT2D eigenvalue weighted by Gasteiger charge is 2.20. The van der Waals surface area contributed by atoms with E-state index in [-0.39, 0.29) is 0 Å². The molecule has 5 aromatic rings. The molecule has 0 fully saturated rings. The maximum absolute atomic E-state index is 6.78. The second-order valence-corrected chi connectivity index (χ2v) is 11.2. The van der Waals surface area contributed by atoms with E-state index in [1.54, 1.807) is 0 Å². The van der Waals surface area contributed by atoms with Crippen LogP contribution in [0.5, 0.6) is 11.5 Å². The Labute approximate surface area is 240 Å². The van der Waals surface area contributed by atoms with Crippen molar-refractivity contribution in [3.63, 3.8) is 0 Å². The molecule has 0 atom stereocenters. The van der Waals surface area contributed by atoms with Crippen LogP contribution in [-0.4, -0.2) is 13.2 Å². The van der Waals surface area contributed by atoms with Crippen LogP contribution in [0.15, 0.2) is 72.8 Å². The topological polar surface area (TPSA) is 18.5 Å². The van der Waals surface area contributed by atoms with Crippen molar-refractivity contribution >= 4 is 32.3 Å². The minimum Gasteiger partial charge on any atom is -0.493 e. The van der Waals surface area contributed by atoms with Crippen molar-refractivity contribution in [2.24, 2.45) is 0 Å². The van der Waals surface area contributed by atoms with E-state index in [0.29, 0.717) is 0 Å². The molecular formula is C38H44O2. The summed E-state index contributed by atoms with van der Waals surface area (Å²) in [5.74, 6) is 1.97. The first-order valence-corrected chi connectivity index (χ1v) is 15.4. The highest BCUT2D eigenvalue weighted by Crippen LogP contribution is 2.46. The van der Waals surface area contributed by atoms with E-state index >= 15 is 0 Å². The van der Waals surface area contributed by atoms with Crippen LogP contribution in [0, 0.1) is 13.8 Å². The van der Waals surface area contributed by atoms with E-state index in [1.807, 2.05) is 0 Å². The first-order valence-electron chi connectivity index (χ1n) is 15.4. The summed E-state index contributed by atoms with van der Waals surface area (Å²) in [5.41, 5.74) is 4.92. The van der Waals surface area contributed by atoms with Gasteiger partial charge in [0.15, 0.2) is 0 Å². The molecule has 0 N–H and O–H groups in total. The SMILES string of the molecule is CCCCCCOc1c(C)ccc2c(OCCCCCC)c(-c3c4ccccc4c(C)c4ccccc34)ccc12. The molecule has 0 saturated heterocycles. The van der Waals surface area contributed by atoms with Gasteiger partial charge in [-0.3, -0.25) is 0 Å². The van der Waals surface area contributed by atoms with Crippen LogP contribution in [0.1, 0.15) is 76.3 Å². The fraction of sp³-hybridized carbons (Fsp3) is 0.368. The molecule has 208 valence electrons. The fourth-order valence-corrected chi connectivity index (χ4v) is 6.05. The zero-order chi connectivity index (χ0) is 27.9. The molecule has 0 bridgehead atoms.